The molecular formula is C9H18N6O2. The Morgan fingerprint density at radius 1 is 1.24 bits per heavy atom. The Balaban J connectivity index is 2.51. The number of aromatic nitrogens is 3. The predicted octanol–water partition coefficient (Wildman–Crippen LogP) is 0.00270. The van der Waals surface area contributed by atoms with Gasteiger partial charge in [0.1, 0.15) is 0 Å². The van der Waals surface area contributed by atoms with Gasteiger partial charge in [0.25, 0.3) is 0 Å². The third kappa shape index (κ3) is 4.79. The fraction of sp³-hybridized carbons (Fsp3) is 0.667. The van der Waals surface area contributed by atoms with Gasteiger partial charge in [-0.3, -0.25) is 5.43 Å². The third-order valence-corrected chi connectivity index (χ3v) is 1.76. The van der Waals surface area contributed by atoms with Crippen LogP contribution in [0.5, 0.6) is 6.01 Å². The minimum Gasteiger partial charge on any atom is -0.467 e. The molecule has 0 amide bonds. The van der Waals surface area contributed by atoms with Crippen LogP contribution in [0.25, 0.3) is 0 Å². The zero-order valence-corrected chi connectivity index (χ0v) is 10.2. The van der Waals surface area contributed by atoms with Crippen LogP contribution in [0.15, 0.2) is 0 Å². The van der Waals surface area contributed by atoms with Crippen molar-refractivity contribution in [3.05, 3.63) is 0 Å². The summed E-state index contributed by atoms with van der Waals surface area (Å²) in [7, 11) is 1.47. The molecule has 1 rings (SSSR count). The van der Waals surface area contributed by atoms with Gasteiger partial charge in [-0.1, -0.05) is 0 Å². The summed E-state index contributed by atoms with van der Waals surface area (Å²) in [6, 6.07) is 0.195. The van der Waals surface area contributed by atoms with E-state index in [1.54, 1.807) is 0 Å². The van der Waals surface area contributed by atoms with Gasteiger partial charge in [-0.25, -0.2) is 5.84 Å². The molecule has 4 N–H and O–H groups in total. The Kier molecular flexibility index (Phi) is 5.37. The van der Waals surface area contributed by atoms with Gasteiger partial charge in [0.05, 0.1) is 19.8 Å². The van der Waals surface area contributed by atoms with Crippen LogP contribution in [0.2, 0.25) is 0 Å². The molecule has 8 heteroatoms. The lowest BCUT2D eigenvalue weighted by Gasteiger charge is -2.09. The summed E-state index contributed by atoms with van der Waals surface area (Å²) in [6.45, 7) is 5.11. The first-order valence-electron chi connectivity index (χ1n) is 5.28. The molecule has 0 saturated heterocycles. The molecule has 0 fully saturated rings. The summed E-state index contributed by atoms with van der Waals surface area (Å²) in [5.41, 5.74) is 2.34. The third-order valence-electron chi connectivity index (χ3n) is 1.76. The van der Waals surface area contributed by atoms with E-state index < -0.39 is 0 Å². The van der Waals surface area contributed by atoms with E-state index in [1.165, 1.54) is 7.11 Å². The Bertz CT molecular complexity index is 324. The highest BCUT2D eigenvalue weighted by atomic mass is 16.5. The Hall–Kier alpha value is -1.67. The second-order valence-electron chi connectivity index (χ2n) is 3.46. The van der Waals surface area contributed by atoms with Crippen molar-refractivity contribution in [3.8, 4) is 6.01 Å². The Morgan fingerprint density at radius 2 is 1.94 bits per heavy atom. The number of rotatable bonds is 7. The van der Waals surface area contributed by atoms with Crippen molar-refractivity contribution in [1.29, 1.82) is 0 Å². The maximum Gasteiger partial charge on any atom is 0.322 e. The quantitative estimate of drug-likeness (QED) is 0.348. The number of hydrogen-bond acceptors (Lipinski definition) is 8. The molecule has 8 nitrogen and oxygen atoms in total. The SMILES string of the molecule is COc1nc(NN)nc(NCCOC(C)C)n1. The molecule has 0 bridgehead atoms. The lowest BCUT2D eigenvalue weighted by Crippen LogP contribution is -2.17. The second-order valence-corrected chi connectivity index (χ2v) is 3.46. The molecule has 0 saturated carbocycles. The molecule has 0 aliphatic rings. The van der Waals surface area contributed by atoms with Crippen LogP contribution in [-0.2, 0) is 4.74 Å². The van der Waals surface area contributed by atoms with Crippen LogP contribution < -0.4 is 21.3 Å². The molecular weight excluding hydrogens is 224 g/mol. The van der Waals surface area contributed by atoms with E-state index in [9.17, 15) is 0 Å². The normalized spacial score (nSPS) is 10.4. The van der Waals surface area contributed by atoms with Crippen molar-refractivity contribution in [2.75, 3.05) is 31.0 Å². The highest BCUT2D eigenvalue weighted by Crippen LogP contribution is 2.09. The molecule has 1 aromatic rings. The molecule has 0 atom stereocenters. The Labute approximate surface area is 99.9 Å². The molecule has 0 aliphatic heterocycles. The van der Waals surface area contributed by atoms with E-state index in [0.717, 1.165) is 0 Å². The van der Waals surface area contributed by atoms with Gasteiger partial charge in [0.2, 0.25) is 11.9 Å². The zero-order valence-electron chi connectivity index (χ0n) is 10.2. The van der Waals surface area contributed by atoms with Crippen LogP contribution >= 0.6 is 0 Å². The van der Waals surface area contributed by atoms with Crippen molar-refractivity contribution >= 4 is 11.9 Å². The fourth-order valence-corrected chi connectivity index (χ4v) is 1.05. The highest BCUT2D eigenvalue weighted by molar-refractivity contribution is 5.34. The van der Waals surface area contributed by atoms with Gasteiger partial charge in [-0.05, 0) is 13.8 Å². The largest absolute Gasteiger partial charge is 0.467 e. The highest BCUT2D eigenvalue weighted by Gasteiger charge is 2.05. The number of hydrogen-bond donors (Lipinski definition) is 3. The fourth-order valence-electron chi connectivity index (χ4n) is 1.05. The van der Waals surface area contributed by atoms with Crippen molar-refractivity contribution in [3.63, 3.8) is 0 Å². The van der Waals surface area contributed by atoms with E-state index in [0.29, 0.717) is 19.1 Å². The molecule has 1 heterocycles. The standard InChI is InChI=1S/C9H18N6O2/c1-6(2)17-5-4-11-7-12-8(15-10)14-9(13-7)16-3/h6H,4-5,10H2,1-3H3,(H2,11,12,13,14,15). The summed E-state index contributed by atoms with van der Waals surface area (Å²) in [6.07, 6.45) is 0.200. The predicted molar refractivity (Wildman–Crippen MR) is 63.8 cm³/mol. The van der Waals surface area contributed by atoms with Gasteiger partial charge >= 0.3 is 6.01 Å². The molecule has 0 unspecified atom stereocenters. The van der Waals surface area contributed by atoms with Crippen LogP contribution in [0.4, 0.5) is 11.9 Å². The monoisotopic (exact) mass is 242 g/mol. The topological polar surface area (TPSA) is 107 Å². The van der Waals surface area contributed by atoms with E-state index >= 15 is 0 Å². The lowest BCUT2D eigenvalue weighted by molar-refractivity contribution is 0.0869. The maximum absolute atomic E-state index is 5.37. The smallest absolute Gasteiger partial charge is 0.322 e. The number of nitrogens with two attached hydrogens (primary N) is 1. The number of nitrogens with zero attached hydrogens (tertiary/aromatic N) is 3. The summed E-state index contributed by atoms with van der Waals surface area (Å²) in [5.74, 6) is 5.85. The number of hydrazine groups is 1. The number of nitrogen functional groups attached to an aromatic ring is 1. The summed E-state index contributed by atoms with van der Waals surface area (Å²) < 4.78 is 10.3. The van der Waals surface area contributed by atoms with Crippen LogP contribution in [-0.4, -0.2) is 41.3 Å². The van der Waals surface area contributed by atoms with Gasteiger partial charge in [0.15, 0.2) is 0 Å². The maximum atomic E-state index is 5.37. The zero-order chi connectivity index (χ0) is 12.7. The van der Waals surface area contributed by atoms with E-state index in [1.807, 2.05) is 13.8 Å². The minimum atomic E-state index is 0.195. The van der Waals surface area contributed by atoms with E-state index in [4.69, 9.17) is 15.3 Å². The summed E-state index contributed by atoms with van der Waals surface area (Å²) in [5, 5.41) is 2.99. The summed E-state index contributed by atoms with van der Waals surface area (Å²) in [4.78, 5) is 11.9. The molecule has 0 aromatic carbocycles. The first kappa shape index (κ1) is 13.4. The van der Waals surface area contributed by atoms with Crippen molar-refractivity contribution in [2.45, 2.75) is 20.0 Å². The van der Waals surface area contributed by atoms with E-state index in [2.05, 4.69) is 25.7 Å². The van der Waals surface area contributed by atoms with Crippen molar-refractivity contribution in [2.24, 2.45) is 5.84 Å². The second kappa shape index (κ2) is 6.81. The van der Waals surface area contributed by atoms with Crippen LogP contribution in [0, 0.1) is 0 Å². The first-order valence-corrected chi connectivity index (χ1v) is 5.28. The van der Waals surface area contributed by atoms with Gasteiger partial charge in [-0.15, -0.1) is 0 Å². The Morgan fingerprint density at radius 3 is 2.53 bits per heavy atom. The van der Waals surface area contributed by atoms with Crippen LogP contribution in [0.1, 0.15) is 13.8 Å². The molecule has 1 aromatic heterocycles. The van der Waals surface area contributed by atoms with Crippen LogP contribution in [0.3, 0.4) is 0 Å². The average Bonchev–Trinajstić information content (AvgIpc) is 2.34. The van der Waals surface area contributed by atoms with E-state index in [-0.39, 0.29) is 18.1 Å². The lowest BCUT2D eigenvalue weighted by atomic mass is 10.5. The number of methoxy groups -OCH3 is 1. The van der Waals surface area contributed by atoms with Crippen molar-refractivity contribution < 1.29 is 9.47 Å². The number of nitrogens with one attached hydrogen (secondary N) is 2. The van der Waals surface area contributed by atoms with Gasteiger partial charge < -0.3 is 14.8 Å². The average molecular weight is 242 g/mol. The molecule has 0 radical (unpaired) electrons. The molecule has 0 spiro atoms. The molecule has 0 aliphatic carbocycles. The number of anilines is 2. The molecule has 96 valence electrons. The van der Waals surface area contributed by atoms with Gasteiger partial charge in [-0.2, -0.15) is 15.0 Å². The molecule has 17 heavy (non-hydrogen) atoms. The number of ether oxygens (including phenoxy) is 2. The van der Waals surface area contributed by atoms with Crippen molar-refractivity contribution in [1.82, 2.24) is 15.0 Å². The summed E-state index contributed by atoms with van der Waals surface area (Å²) >= 11 is 0. The van der Waals surface area contributed by atoms with Gasteiger partial charge in [0, 0.05) is 6.54 Å². The minimum absolute atomic E-state index is 0.195. The first-order chi connectivity index (χ1) is 8.15.